The molecule has 0 aliphatic carbocycles. The largest absolute Gasteiger partial charge is 0.404 e. The molecular weight excluding hydrogens is 380 g/mol. The third-order valence-electron chi connectivity index (χ3n) is 5.50. The molecule has 29 heavy (non-hydrogen) atoms. The molecule has 5 heteroatoms. The second kappa shape index (κ2) is 9.81. The lowest BCUT2D eigenvalue weighted by atomic mass is 10.2. The highest BCUT2D eigenvalue weighted by atomic mass is 28.4. The van der Waals surface area contributed by atoms with Crippen LogP contribution in [-0.4, -0.2) is 40.2 Å². The molecular formula is C24H32O4Si. The normalized spacial score (nSPS) is 18.9. The summed E-state index contributed by atoms with van der Waals surface area (Å²) in [6, 6.07) is 20.8. The van der Waals surface area contributed by atoms with E-state index in [2.05, 4.69) is 69.3 Å². The molecule has 0 amide bonds. The topological polar surface area (TPSA) is 44.8 Å². The lowest BCUT2D eigenvalue weighted by Gasteiger charge is -2.43. The Bertz CT molecular complexity index is 712. The van der Waals surface area contributed by atoms with E-state index in [1.807, 2.05) is 12.1 Å². The van der Waals surface area contributed by atoms with Crippen LogP contribution in [0.1, 0.15) is 40.0 Å². The molecule has 2 aromatic rings. The van der Waals surface area contributed by atoms with Crippen molar-refractivity contribution in [1.29, 1.82) is 0 Å². The molecule has 0 unspecified atom stereocenters. The Labute approximate surface area is 175 Å². The first kappa shape index (κ1) is 21.9. The van der Waals surface area contributed by atoms with Crippen LogP contribution in [0.2, 0.25) is 5.04 Å². The number of aldehydes is 1. The average molecular weight is 413 g/mol. The molecule has 2 aromatic carbocycles. The predicted octanol–water partition coefficient (Wildman–Crippen LogP) is 3.67. The molecule has 0 N–H and O–H groups in total. The molecule has 3 rings (SSSR count). The van der Waals surface area contributed by atoms with E-state index < -0.39 is 14.4 Å². The Balaban J connectivity index is 1.91. The molecule has 1 heterocycles. The van der Waals surface area contributed by atoms with Gasteiger partial charge in [0.05, 0.1) is 6.61 Å². The molecule has 0 bridgehead atoms. The molecule has 0 aromatic heterocycles. The van der Waals surface area contributed by atoms with Crippen LogP contribution in [-0.2, 0) is 18.7 Å². The Morgan fingerprint density at radius 3 is 2.07 bits per heavy atom. The fourth-order valence-corrected chi connectivity index (χ4v) is 8.66. The number of benzene rings is 2. The minimum absolute atomic E-state index is 0.134. The Hall–Kier alpha value is -1.79. The van der Waals surface area contributed by atoms with E-state index in [1.54, 1.807) is 0 Å². The van der Waals surface area contributed by atoms with E-state index in [1.165, 1.54) is 10.4 Å². The van der Waals surface area contributed by atoms with Crippen LogP contribution in [0.15, 0.2) is 60.7 Å². The smallest absolute Gasteiger partial charge is 0.261 e. The minimum atomic E-state index is -2.67. The second-order valence-corrected chi connectivity index (χ2v) is 12.9. The van der Waals surface area contributed by atoms with Crippen LogP contribution in [0.5, 0.6) is 0 Å². The first-order valence-electron chi connectivity index (χ1n) is 10.4. The van der Waals surface area contributed by atoms with E-state index >= 15 is 0 Å². The van der Waals surface area contributed by atoms with Crippen LogP contribution in [0.3, 0.4) is 0 Å². The fraction of sp³-hybridized carbons (Fsp3) is 0.458. The van der Waals surface area contributed by atoms with Gasteiger partial charge >= 0.3 is 0 Å². The lowest BCUT2D eigenvalue weighted by Crippen LogP contribution is -2.67. The summed E-state index contributed by atoms with van der Waals surface area (Å²) < 4.78 is 18.4. The van der Waals surface area contributed by atoms with Crippen LogP contribution < -0.4 is 10.4 Å². The molecule has 1 aliphatic heterocycles. The summed E-state index contributed by atoms with van der Waals surface area (Å²) >= 11 is 0. The van der Waals surface area contributed by atoms with Gasteiger partial charge in [0.15, 0.2) is 12.6 Å². The van der Waals surface area contributed by atoms with Crippen LogP contribution >= 0.6 is 0 Å². The summed E-state index contributed by atoms with van der Waals surface area (Å²) in [5.74, 6) is 0. The van der Waals surface area contributed by atoms with Gasteiger partial charge in [0.2, 0.25) is 0 Å². The van der Waals surface area contributed by atoms with Crippen molar-refractivity contribution >= 4 is 25.0 Å². The van der Waals surface area contributed by atoms with Gasteiger partial charge in [-0.2, -0.15) is 0 Å². The number of hydrogen-bond donors (Lipinski definition) is 0. The van der Waals surface area contributed by atoms with E-state index in [9.17, 15) is 4.79 Å². The zero-order valence-electron chi connectivity index (χ0n) is 17.7. The van der Waals surface area contributed by atoms with Crippen molar-refractivity contribution in [3.8, 4) is 0 Å². The van der Waals surface area contributed by atoms with E-state index in [0.29, 0.717) is 6.61 Å². The van der Waals surface area contributed by atoms with Gasteiger partial charge in [0, 0.05) is 6.61 Å². The third kappa shape index (κ3) is 5.04. The number of carbonyl (C=O) groups excluding carboxylic acids is 1. The molecule has 1 aliphatic rings. The minimum Gasteiger partial charge on any atom is -0.404 e. The molecule has 4 nitrogen and oxygen atoms in total. The van der Waals surface area contributed by atoms with Crippen molar-refractivity contribution in [3.05, 3.63) is 60.7 Å². The first-order chi connectivity index (χ1) is 14.0. The Morgan fingerprint density at radius 1 is 1.03 bits per heavy atom. The Kier molecular flexibility index (Phi) is 7.41. The lowest BCUT2D eigenvalue weighted by molar-refractivity contribution is -0.191. The van der Waals surface area contributed by atoms with Crippen LogP contribution in [0.25, 0.3) is 0 Å². The number of carbonyl (C=O) groups is 1. The van der Waals surface area contributed by atoms with Crippen molar-refractivity contribution in [1.82, 2.24) is 0 Å². The van der Waals surface area contributed by atoms with Crippen LogP contribution in [0, 0.1) is 0 Å². The SMILES string of the molecule is CC(C)(C)[Si](OC[C@@H](C=O)O[C@@H]1CCCCO1)(c1ccccc1)c1ccccc1. The predicted molar refractivity (Wildman–Crippen MR) is 118 cm³/mol. The number of hydrogen-bond acceptors (Lipinski definition) is 4. The molecule has 0 spiro atoms. The molecule has 1 saturated heterocycles. The molecule has 0 saturated carbocycles. The summed E-state index contributed by atoms with van der Waals surface area (Å²) in [7, 11) is -2.67. The van der Waals surface area contributed by atoms with Gasteiger partial charge < -0.3 is 18.7 Å². The Morgan fingerprint density at radius 2 is 1.62 bits per heavy atom. The summed E-state index contributed by atoms with van der Waals surface area (Å²) in [5, 5.41) is 2.25. The van der Waals surface area contributed by atoms with E-state index in [-0.39, 0.29) is 17.9 Å². The van der Waals surface area contributed by atoms with Gasteiger partial charge in [-0.25, -0.2) is 0 Å². The van der Waals surface area contributed by atoms with Crippen LogP contribution in [0.4, 0.5) is 0 Å². The highest BCUT2D eigenvalue weighted by Crippen LogP contribution is 2.36. The maximum absolute atomic E-state index is 11.8. The number of rotatable bonds is 8. The van der Waals surface area contributed by atoms with Crippen molar-refractivity contribution in [3.63, 3.8) is 0 Å². The third-order valence-corrected chi connectivity index (χ3v) is 10.5. The van der Waals surface area contributed by atoms with E-state index in [0.717, 1.165) is 25.5 Å². The maximum atomic E-state index is 11.8. The van der Waals surface area contributed by atoms with Crippen molar-refractivity contribution in [2.75, 3.05) is 13.2 Å². The monoisotopic (exact) mass is 412 g/mol. The summed E-state index contributed by atoms with van der Waals surface area (Å²) in [5.41, 5.74) is 0. The second-order valence-electron chi connectivity index (χ2n) is 8.58. The van der Waals surface area contributed by atoms with Gasteiger partial charge in [-0.15, -0.1) is 0 Å². The quantitative estimate of drug-likeness (QED) is 0.490. The van der Waals surface area contributed by atoms with Crippen molar-refractivity contribution in [2.45, 2.75) is 57.5 Å². The molecule has 1 fully saturated rings. The van der Waals surface area contributed by atoms with Gasteiger partial charge in [-0.3, -0.25) is 0 Å². The zero-order chi connectivity index (χ0) is 20.7. The zero-order valence-corrected chi connectivity index (χ0v) is 18.7. The standard InChI is InChI=1S/C24H32O4Si/c1-24(2,3)29(21-12-6-4-7-13-21,22-14-8-5-9-15-22)27-19-20(18-25)28-23-16-10-11-17-26-23/h4-9,12-15,18,20,23H,10-11,16-17,19H2,1-3H3/t20-,23-/m1/s1. The van der Waals surface area contributed by atoms with E-state index in [4.69, 9.17) is 13.9 Å². The molecule has 2 atom stereocenters. The number of ether oxygens (including phenoxy) is 2. The van der Waals surface area contributed by atoms with Crippen molar-refractivity contribution < 1.29 is 18.7 Å². The molecule has 156 valence electrons. The van der Waals surface area contributed by atoms with Gasteiger partial charge in [0.25, 0.3) is 8.32 Å². The molecule has 0 radical (unpaired) electrons. The summed E-state index contributed by atoms with van der Waals surface area (Å²) in [4.78, 5) is 11.8. The highest BCUT2D eigenvalue weighted by Gasteiger charge is 2.50. The van der Waals surface area contributed by atoms with Gasteiger partial charge in [-0.1, -0.05) is 81.4 Å². The average Bonchev–Trinajstić information content (AvgIpc) is 2.74. The summed E-state index contributed by atoms with van der Waals surface area (Å²) in [6.07, 6.45) is 2.82. The van der Waals surface area contributed by atoms with Crippen molar-refractivity contribution in [2.24, 2.45) is 0 Å². The van der Waals surface area contributed by atoms with Gasteiger partial charge in [0.1, 0.15) is 6.10 Å². The maximum Gasteiger partial charge on any atom is 0.261 e. The fourth-order valence-electron chi connectivity index (χ4n) is 4.09. The van der Waals surface area contributed by atoms with Gasteiger partial charge in [-0.05, 0) is 34.7 Å². The summed E-state index contributed by atoms with van der Waals surface area (Å²) in [6.45, 7) is 7.57. The first-order valence-corrected chi connectivity index (χ1v) is 12.4. The highest BCUT2D eigenvalue weighted by molar-refractivity contribution is 6.99.